The molecule has 0 radical (unpaired) electrons. The number of aliphatic carboxylic acids is 1. The monoisotopic (exact) mass is 212 g/mol. The fourth-order valence-electron chi connectivity index (χ4n) is 1.16. The molecule has 82 valence electrons. The maximum Gasteiger partial charge on any atom is 0.313 e. The zero-order valence-electron chi connectivity index (χ0n) is 8.87. The molecule has 1 aromatic rings. The molecule has 0 unspecified atom stereocenters. The lowest BCUT2D eigenvalue weighted by molar-refractivity contribution is -0.142. The van der Waals surface area contributed by atoms with Crippen LogP contribution in [0, 0.1) is 5.82 Å². The first kappa shape index (κ1) is 11.5. The summed E-state index contributed by atoms with van der Waals surface area (Å²) in [6, 6.07) is 3.94. The van der Waals surface area contributed by atoms with Crippen molar-refractivity contribution in [2.24, 2.45) is 0 Å². The molecule has 1 aromatic carbocycles. The van der Waals surface area contributed by atoms with Crippen molar-refractivity contribution in [1.82, 2.24) is 0 Å². The molecule has 0 heterocycles. The van der Waals surface area contributed by atoms with Crippen LogP contribution in [0.1, 0.15) is 19.4 Å². The highest BCUT2D eigenvalue weighted by Gasteiger charge is 2.30. The van der Waals surface area contributed by atoms with Crippen LogP contribution in [0.25, 0.3) is 0 Å². The van der Waals surface area contributed by atoms with Gasteiger partial charge in [-0.05, 0) is 31.5 Å². The Morgan fingerprint density at radius 2 is 2.00 bits per heavy atom. The number of rotatable bonds is 3. The fraction of sp³-hybridized carbons (Fsp3) is 0.364. The van der Waals surface area contributed by atoms with Crippen LogP contribution in [-0.2, 0) is 10.2 Å². The van der Waals surface area contributed by atoms with Crippen LogP contribution in [0.3, 0.4) is 0 Å². The van der Waals surface area contributed by atoms with Gasteiger partial charge in [-0.25, -0.2) is 4.39 Å². The van der Waals surface area contributed by atoms with Crippen molar-refractivity contribution >= 4 is 5.97 Å². The predicted molar refractivity (Wildman–Crippen MR) is 53.6 cm³/mol. The Kier molecular flexibility index (Phi) is 2.98. The topological polar surface area (TPSA) is 46.5 Å². The molecule has 0 spiro atoms. The standard InChI is InChI=1S/C11H13FO3/c1-11(2,10(13)14)7-4-8(12)6-9(5-7)15-3/h4-6H,1-3H3,(H,13,14). The van der Waals surface area contributed by atoms with Gasteiger partial charge in [0.1, 0.15) is 11.6 Å². The van der Waals surface area contributed by atoms with Gasteiger partial charge >= 0.3 is 5.97 Å². The molecule has 0 aliphatic rings. The van der Waals surface area contributed by atoms with Crippen LogP contribution >= 0.6 is 0 Å². The van der Waals surface area contributed by atoms with Crippen molar-refractivity contribution in [3.05, 3.63) is 29.6 Å². The van der Waals surface area contributed by atoms with E-state index in [2.05, 4.69) is 0 Å². The van der Waals surface area contributed by atoms with E-state index in [1.807, 2.05) is 0 Å². The summed E-state index contributed by atoms with van der Waals surface area (Å²) in [7, 11) is 1.41. The summed E-state index contributed by atoms with van der Waals surface area (Å²) in [5.41, 5.74) is -0.748. The Labute approximate surface area is 87.5 Å². The first-order chi connectivity index (χ1) is 6.87. The Hall–Kier alpha value is -1.58. The van der Waals surface area contributed by atoms with Gasteiger partial charge in [-0.15, -0.1) is 0 Å². The Morgan fingerprint density at radius 3 is 2.47 bits per heavy atom. The molecule has 1 rings (SSSR count). The summed E-state index contributed by atoms with van der Waals surface area (Å²) in [6.45, 7) is 3.03. The number of carboxylic acids is 1. The molecule has 15 heavy (non-hydrogen) atoms. The highest BCUT2D eigenvalue weighted by atomic mass is 19.1. The minimum Gasteiger partial charge on any atom is -0.497 e. The number of halogens is 1. The summed E-state index contributed by atoms with van der Waals surface area (Å²) >= 11 is 0. The highest BCUT2D eigenvalue weighted by Crippen LogP contribution is 2.27. The Balaban J connectivity index is 3.25. The van der Waals surface area contributed by atoms with E-state index >= 15 is 0 Å². The summed E-state index contributed by atoms with van der Waals surface area (Å²) in [4.78, 5) is 11.0. The second-order valence-corrected chi connectivity index (χ2v) is 3.81. The van der Waals surface area contributed by atoms with Gasteiger partial charge in [-0.3, -0.25) is 4.79 Å². The molecule has 4 heteroatoms. The largest absolute Gasteiger partial charge is 0.497 e. The van der Waals surface area contributed by atoms with E-state index in [1.54, 1.807) is 0 Å². The first-order valence-electron chi connectivity index (χ1n) is 4.46. The SMILES string of the molecule is COc1cc(F)cc(C(C)(C)C(=O)O)c1. The van der Waals surface area contributed by atoms with Gasteiger partial charge in [0, 0.05) is 6.07 Å². The van der Waals surface area contributed by atoms with E-state index in [0.717, 1.165) is 0 Å². The highest BCUT2D eigenvalue weighted by molar-refractivity contribution is 5.80. The van der Waals surface area contributed by atoms with Crippen molar-refractivity contribution in [3.63, 3.8) is 0 Å². The molecule has 1 N–H and O–H groups in total. The van der Waals surface area contributed by atoms with Crippen LogP contribution in [0.2, 0.25) is 0 Å². The van der Waals surface area contributed by atoms with Crippen molar-refractivity contribution in [1.29, 1.82) is 0 Å². The van der Waals surface area contributed by atoms with Gasteiger partial charge in [-0.1, -0.05) is 0 Å². The molecule has 0 aliphatic heterocycles. The third-order valence-electron chi connectivity index (χ3n) is 2.36. The van der Waals surface area contributed by atoms with Gasteiger partial charge in [0.25, 0.3) is 0 Å². The third kappa shape index (κ3) is 2.26. The maximum absolute atomic E-state index is 13.1. The number of methoxy groups -OCH3 is 1. The number of carbonyl (C=O) groups is 1. The van der Waals surface area contributed by atoms with E-state index in [0.29, 0.717) is 11.3 Å². The predicted octanol–water partition coefficient (Wildman–Crippen LogP) is 2.20. The molecule has 0 atom stereocenters. The normalized spacial score (nSPS) is 11.2. The molecule has 0 bridgehead atoms. The molecule has 0 fully saturated rings. The number of carboxylic acid groups (broad SMARTS) is 1. The fourth-order valence-corrected chi connectivity index (χ4v) is 1.16. The molecule has 0 aliphatic carbocycles. The number of ether oxygens (including phenoxy) is 1. The van der Waals surface area contributed by atoms with Crippen molar-refractivity contribution in [2.45, 2.75) is 19.3 Å². The quantitative estimate of drug-likeness (QED) is 0.835. The Bertz CT molecular complexity index is 385. The van der Waals surface area contributed by atoms with Crippen molar-refractivity contribution in [3.8, 4) is 5.75 Å². The lowest BCUT2D eigenvalue weighted by Gasteiger charge is -2.20. The second-order valence-electron chi connectivity index (χ2n) is 3.81. The Morgan fingerprint density at radius 1 is 1.40 bits per heavy atom. The summed E-state index contributed by atoms with van der Waals surface area (Å²) in [5, 5.41) is 8.99. The molecule has 3 nitrogen and oxygen atoms in total. The number of hydrogen-bond donors (Lipinski definition) is 1. The van der Waals surface area contributed by atoms with E-state index in [9.17, 15) is 9.18 Å². The molecule has 0 saturated heterocycles. The smallest absolute Gasteiger partial charge is 0.313 e. The van der Waals surface area contributed by atoms with E-state index in [-0.39, 0.29) is 0 Å². The molecule has 0 saturated carbocycles. The van der Waals surface area contributed by atoms with Crippen LogP contribution in [0.15, 0.2) is 18.2 Å². The van der Waals surface area contributed by atoms with Gasteiger partial charge in [0.15, 0.2) is 0 Å². The van der Waals surface area contributed by atoms with Crippen molar-refractivity contribution < 1.29 is 19.0 Å². The van der Waals surface area contributed by atoms with Gasteiger partial charge < -0.3 is 9.84 Å². The van der Waals surface area contributed by atoms with Crippen LogP contribution in [0.4, 0.5) is 4.39 Å². The zero-order valence-corrected chi connectivity index (χ0v) is 8.87. The number of hydrogen-bond acceptors (Lipinski definition) is 2. The average molecular weight is 212 g/mol. The number of benzene rings is 1. The molecular formula is C11H13FO3. The average Bonchev–Trinajstić information content (AvgIpc) is 2.16. The summed E-state index contributed by atoms with van der Waals surface area (Å²) < 4.78 is 18.0. The van der Waals surface area contributed by atoms with Gasteiger partial charge in [0.2, 0.25) is 0 Å². The minimum atomic E-state index is -1.13. The zero-order chi connectivity index (χ0) is 11.6. The lowest BCUT2D eigenvalue weighted by atomic mass is 9.85. The van der Waals surface area contributed by atoms with E-state index in [4.69, 9.17) is 9.84 Å². The van der Waals surface area contributed by atoms with E-state index < -0.39 is 17.2 Å². The van der Waals surface area contributed by atoms with Crippen LogP contribution < -0.4 is 4.74 Å². The second kappa shape index (κ2) is 3.88. The maximum atomic E-state index is 13.1. The van der Waals surface area contributed by atoms with Gasteiger partial charge in [0.05, 0.1) is 12.5 Å². The van der Waals surface area contributed by atoms with Crippen molar-refractivity contribution in [2.75, 3.05) is 7.11 Å². The molecule has 0 amide bonds. The molecular weight excluding hydrogens is 199 g/mol. The van der Waals surface area contributed by atoms with Crippen LogP contribution in [0.5, 0.6) is 5.75 Å². The van der Waals surface area contributed by atoms with Gasteiger partial charge in [-0.2, -0.15) is 0 Å². The van der Waals surface area contributed by atoms with E-state index in [1.165, 1.54) is 39.2 Å². The minimum absolute atomic E-state index is 0.319. The first-order valence-corrected chi connectivity index (χ1v) is 4.46. The lowest BCUT2D eigenvalue weighted by Crippen LogP contribution is -2.28. The summed E-state index contributed by atoms with van der Waals surface area (Å²) in [5.74, 6) is -1.19. The third-order valence-corrected chi connectivity index (χ3v) is 2.36. The van der Waals surface area contributed by atoms with Crippen LogP contribution in [-0.4, -0.2) is 18.2 Å². The summed E-state index contributed by atoms with van der Waals surface area (Å²) in [6.07, 6.45) is 0. The molecule has 0 aromatic heterocycles.